The Bertz CT molecular complexity index is 833. The summed E-state index contributed by atoms with van der Waals surface area (Å²) in [6, 6.07) is 3.75. The lowest BCUT2D eigenvalue weighted by Crippen LogP contribution is -2.46. The van der Waals surface area contributed by atoms with Crippen LogP contribution in [-0.4, -0.2) is 63.5 Å². The maximum absolute atomic E-state index is 12.7. The average molecular weight is 422 g/mol. The van der Waals surface area contributed by atoms with E-state index in [1.54, 1.807) is 19.0 Å². The van der Waals surface area contributed by atoms with Crippen molar-refractivity contribution in [2.24, 2.45) is 7.05 Å². The Morgan fingerprint density at radius 1 is 1.33 bits per heavy atom. The van der Waals surface area contributed by atoms with E-state index in [2.05, 4.69) is 16.6 Å². The van der Waals surface area contributed by atoms with Gasteiger partial charge in [0.15, 0.2) is 0 Å². The van der Waals surface area contributed by atoms with Crippen LogP contribution in [0.2, 0.25) is 0 Å². The minimum atomic E-state index is -4.31. The van der Waals surface area contributed by atoms with E-state index in [-0.39, 0.29) is 18.4 Å². The fourth-order valence-corrected chi connectivity index (χ4v) is 5.72. The molecule has 0 aliphatic carbocycles. The molecule has 0 radical (unpaired) electrons. The van der Waals surface area contributed by atoms with Gasteiger partial charge in [0.1, 0.15) is 5.82 Å². The number of aryl methyl sites for hydroxylation is 1. The number of hydrogen-bond donors (Lipinski definition) is 2. The van der Waals surface area contributed by atoms with Crippen LogP contribution in [0.25, 0.3) is 0 Å². The first-order chi connectivity index (χ1) is 12.5. The summed E-state index contributed by atoms with van der Waals surface area (Å²) in [5.74, 6) is 0.102. The lowest BCUT2D eigenvalue weighted by atomic mass is 10.1. The van der Waals surface area contributed by atoms with Crippen LogP contribution in [-0.2, 0) is 27.3 Å². The molecule has 0 aliphatic heterocycles. The molecule has 1 aromatic heterocycles. The molecular formula is C16H31N5O4S2. The van der Waals surface area contributed by atoms with Crippen LogP contribution < -0.4 is 10.0 Å². The van der Waals surface area contributed by atoms with Crippen LogP contribution in [0.15, 0.2) is 30.7 Å². The Balaban J connectivity index is 3.01. The van der Waals surface area contributed by atoms with Gasteiger partial charge in [0.05, 0.1) is 12.3 Å². The van der Waals surface area contributed by atoms with Gasteiger partial charge in [-0.2, -0.15) is 8.42 Å². The van der Waals surface area contributed by atoms with Crippen LogP contribution in [0, 0.1) is 0 Å². The normalized spacial score (nSPS) is 13.6. The summed E-state index contributed by atoms with van der Waals surface area (Å²) in [4.78, 5) is 1.70. The Labute approximate surface area is 163 Å². The fraction of sp³-hybridized carbons (Fsp3) is 0.625. The van der Waals surface area contributed by atoms with Gasteiger partial charge in [0.25, 0.3) is 0 Å². The molecule has 1 atom stereocenters. The quantitative estimate of drug-likeness (QED) is 0.479. The monoisotopic (exact) mass is 421 g/mol. The summed E-state index contributed by atoms with van der Waals surface area (Å²) >= 11 is 0. The van der Waals surface area contributed by atoms with E-state index in [0.717, 1.165) is 11.9 Å². The number of nitrogens with one attached hydrogen (secondary N) is 2. The first-order valence-corrected chi connectivity index (χ1v) is 11.9. The van der Waals surface area contributed by atoms with Crippen molar-refractivity contribution in [1.29, 1.82) is 0 Å². The SMILES string of the molecule is C=C(NS(=O)(=O)N(CCCNC)S(C)(=O)=O)N(C)C(CC)c1cccn1C. The predicted molar refractivity (Wildman–Crippen MR) is 107 cm³/mol. The average Bonchev–Trinajstić information content (AvgIpc) is 2.96. The summed E-state index contributed by atoms with van der Waals surface area (Å²) in [5.41, 5.74) is 0.995. The topological polar surface area (TPSA) is 104 Å². The van der Waals surface area contributed by atoms with Gasteiger partial charge in [0, 0.05) is 32.5 Å². The zero-order valence-corrected chi connectivity index (χ0v) is 18.3. The molecule has 1 aromatic rings. The van der Waals surface area contributed by atoms with Crippen LogP contribution in [0.3, 0.4) is 0 Å². The van der Waals surface area contributed by atoms with Crippen LogP contribution >= 0.6 is 0 Å². The molecule has 27 heavy (non-hydrogen) atoms. The second kappa shape index (κ2) is 9.58. The van der Waals surface area contributed by atoms with Gasteiger partial charge < -0.3 is 14.8 Å². The summed E-state index contributed by atoms with van der Waals surface area (Å²) in [6.07, 6.45) is 3.85. The highest BCUT2D eigenvalue weighted by molar-refractivity contribution is 8.02. The molecule has 2 N–H and O–H groups in total. The van der Waals surface area contributed by atoms with Crippen molar-refractivity contribution in [2.45, 2.75) is 25.8 Å². The maximum atomic E-state index is 12.7. The minimum absolute atomic E-state index is 0.102. The molecule has 9 nitrogen and oxygen atoms in total. The number of hydrogen-bond acceptors (Lipinski definition) is 6. The van der Waals surface area contributed by atoms with Gasteiger partial charge in [-0.25, -0.2) is 8.42 Å². The zero-order chi connectivity index (χ0) is 20.8. The fourth-order valence-electron chi connectivity index (χ4n) is 2.81. The van der Waals surface area contributed by atoms with E-state index < -0.39 is 20.2 Å². The molecule has 11 heteroatoms. The van der Waals surface area contributed by atoms with Gasteiger partial charge in [-0.05, 0) is 38.6 Å². The lowest BCUT2D eigenvalue weighted by molar-refractivity contribution is 0.281. The van der Waals surface area contributed by atoms with E-state index >= 15 is 0 Å². The Kier molecular flexibility index (Phi) is 8.33. The molecule has 1 unspecified atom stereocenters. The largest absolute Gasteiger partial charge is 0.353 e. The first kappa shape index (κ1) is 23.5. The molecule has 0 saturated heterocycles. The molecule has 1 rings (SSSR count). The summed E-state index contributed by atoms with van der Waals surface area (Å²) < 4.78 is 54.0. The Morgan fingerprint density at radius 2 is 1.96 bits per heavy atom. The third kappa shape index (κ3) is 6.23. The van der Waals surface area contributed by atoms with E-state index in [4.69, 9.17) is 0 Å². The number of sulfonamides is 1. The zero-order valence-electron chi connectivity index (χ0n) is 16.6. The van der Waals surface area contributed by atoms with Crippen LogP contribution in [0.5, 0.6) is 0 Å². The van der Waals surface area contributed by atoms with Crippen molar-refractivity contribution in [1.82, 2.24) is 23.2 Å². The highest BCUT2D eigenvalue weighted by atomic mass is 32.3. The highest BCUT2D eigenvalue weighted by Crippen LogP contribution is 2.25. The summed E-state index contributed by atoms with van der Waals surface area (Å²) in [6.45, 7) is 6.13. The molecule has 0 aromatic carbocycles. The lowest BCUT2D eigenvalue weighted by Gasteiger charge is -2.32. The van der Waals surface area contributed by atoms with Gasteiger partial charge in [-0.3, -0.25) is 4.72 Å². The van der Waals surface area contributed by atoms with Crippen molar-refractivity contribution in [3.05, 3.63) is 36.4 Å². The minimum Gasteiger partial charge on any atom is -0.353 e. The highest BCUT2D eigenvalue weighted by Gasteiger charge is 2.32. The van der Waals surface area contributed by atoms with Gasteiger partial charge in [0.2, 0.25) is 10.0 Å². The maximum Gasteiger partial charge on any atom is 0.315 e. The van der Waals surface area contributed by atoms with Crippen LogP contribution in [0.1, 0.15) is 31.5 Å². The van der Waals surface area contributed by atoms with Crippen LogP contribution in [0.4, 0.5) is 0 Å². The molecule has 0 spiro atoms. The third-order valence-corrected chi connectivity index (χ3v) is 7.79. The molecule has 0 aliphatic rings. The van der Waals surface area contributed by atoms with Gasteiger partial charge in [-0.1, -0.05) is 17.2 Å². The molecule has 0 bridgehead atoms. The number of aromatic nitrogens is 1. The second-order valence-corrected chi connectivity index (χ2v) is 10.1. The van der Waals surface area contributed by atoms with Gasteiger partial charge in [-0.15, -0.1) is 0 Å². The van der Waals surface area contributed by atoms with E-state index in [9.17, 15) is 16.8 Å². The van der Waals surface area contributed by atoms with Gasteiger partial charge >= 0.3 is 10.2 Å². The van der Waals surface area contributed by atoms with Crippen molar-refractivity contribution in [3.8, 4) is 0 Å². The second-order valence-electron chi connectivity index (χ2n) is 6.35. The molecule has 0 amide bonds. The summed E-state index contributed by atoms with van der Waals surface area (Å²) in [7, 11) is -2.92. The first-order valence-electron chi connectivity index (χ1n) is 8.63. The number of rotatable bonds is 12. The third-order valence-electron chi connectivity index (χ3n) is 4.26. The molecular weight excluding hydrogens is 390 g/mol. The molecule has 156 valence electrons. The number of nitrogens with zero attached hydrogens (tertiary/aromatic N) is 3. The molecule has 0 fully saturated rings. The standard InChI is InChI=1S/C16H31N5O4S2/c1-7-15(16-10-8-12-19(16)4)20(5)14(2)18-27(24,25)21(26(6,22)23)13-9-11-17-3/h8,10,12,15,17-18H,2,7,9,11,13H2,1,3-6H3. The summed E-state index contributed by atoms with van der Waals surface area (Å²) in [5, 5.41) is 2.86. The van der Waals surface area contributed by atoms with E-state index in [1.165, 1.54) is 0 Å². The Hall–Kier alpha value is -1.56. The van der Waals surface area contributed by atoms with Crippen molar-refractivity contribution < 1.29 is 16.8 Å². The Morgan fingerprint density at radius 3 is 2.41 bits per heavy atom. The smallest absolute Gasteiger partial charge is 0.315 e. The predicted octanol–water partition coefficient (Wildman–Crippen LogP) is 0.585. The van der Waals surface area contributed by atoms with E-state index in [1.807, 2.05) is 36.9 Å². The molecule has 0 saturated carbocycles. The molecule has 1 heterocycles. The van der Waals surface area contributed by atoms with Crippen molar-refractivity contribution in [2.75, 3.05) is 33.4 Å². The van der Waals surface area contributed by atoms with Crippen molar-refractivity contribution >= 4 is 20.2 Å². The van der Waals surface area contributed by atoms with E-state index in [0.29, 0.717) is 23.1 Å². The van der Waals surface area contributed by atoms with Crippen molar-refractivity contribution in [3.63, 3.8) is 0 Å².